The maximum atomic E-state index is 11.7. The molecule has 7 heteroatoms. The van der Waals surface area contributed by atoms with E-state index in [1.54, 1.807) is 0 Å². The third-order valence-electron chi connectivity index (χ3n) is 4.42. The van der Waals surface area contributed by atoms with Gasteiger partial charge in [0.15, 0.2) is 0 Å². The van der Waals surface area contributed by atoms with Gasteiger partial charge >= 0.3 is 0 Å². The number of amides is 1. The van der Waals surface area contributed by atoms with Crippen LogP contribution >= 0.6 is 0 Å². The number of aromatic nitrogens is 2. The molecule has 1 aromatic rings. The van der Waals surface area contributed by atoms with Crippen molar-refractivity contribution in [3.05, 3.63) is 11.8 Å². The lowest BCUT2D eigenvalue weighted by Gasteiger charge is -2.28. The molecule has 1 amide bonds. The molecule has 7 nitrogen and oxygen atoms in total. The van der Waals surface area contributed by atoms with Gasteiger partial charge in [-0.25, -0.2) is 4.98 Å². The van der Waals surface area contributed by atoms with E-state index in [-0.39, 0.29) is 17.7 Å². The average molecular weight is 335 g/mol. The Morgan fingerprint density at radius 2 is 2.04 bits per heavy atom. The zero-order valence-corrected chi connectivity index (χ0v) is 14.8. The molecule has 2 rings (SSSR count). The molecule has 1 fully saturated rings. The summed E-state index contributed by atoms with van der Waals surface area (Å²) in [5.41, 5.74) is 5.55. The van der Waals surface area contributed by atoms with Crippen molar-refractivity contribution in [3.63, 3.8) is 0 Å². The lowest BCUT2D eigenvalue weighted by atomic mass is 9.93. The van der Waals surface area contributed by atoms with Gasteiger partial charge in [0.1, 0.15) is 5.82 Å². The summed E-state index contributed by atoms with van der Waals surface area (Å²) in [5, 5.41) is 16.2. The fourth-order valence-corrected chi connectivity index (χ4v) is 3.14. The number of hydrogen-bond acceptors (Lipinski definition) is 6. The topological polar surface area (TPSA) is 113 Å². The molecule has 0 spiro atoms. The van der Waals surface area contributed by atoms with E-state index in [1.807, 2.05) is 0 Å². The van der Waals surface area contributed by atoms with Crippen LogP contribution in [-0.2, 0) is 0 Å². The van der Waals surface area contributed by atoms with Gasteiger partial charge in [0.25, 0.3) is 5.91 Å². The molecule has 0 bridgehead atoms. The fraction of sp³-hybridized carbons (Fsp3) is 0.706. The summed E-state index contributed by atoms with van der Waals surface area (Å²) < 4.78 is 0. The van der Waals surface area contributed by atoms with Crippen molar-refractivity contribution in [3.8, 4) is 0 Å². The maximum Gasteiger partial charge on any atom is 0.254 e. The second kappa shape index (κ2) is 7.79. The van der Waals surface area contributed by atoms with E-state index in [0.717, 1.165) is 38.5 Å². The zero-order valence-electron chi connectivity index (χ0n) is 14.8. The van der Waals surface area contributed by atoms with Gasteiger partial charge < -0.3 is 21.5 Å². The standard InChI is InChI=1S/C17H29N5O2/c1-4-9-17(2,3)22-15-13(14(18)24)10-19-16(21-15)20-11-5-7-12(23)8-6-11/h10-12,23H,4-9H2,1-3H3,(H2,18,24)(H2,19,20,21,22)/t11-,12-. The van der Waals surface area contributed by atoms with E-state index in [4.69, 9.17) is 5.73 Å². The molecule has 134 valence electrons. The number of hydrogen-bond donors (Lipinski definition) is 4. The van der Waals surface area contributed by atoms with Crippen molar-refractivity contribution < 1.29 is 9.90 Å². The first-order valence-electron chi connectivity index (χ1n) is 8.70. The Kier molecular flexibility index (Phi) is 5.99. The second-order valence-electron chi connectivity index (χ2n) is 7.23. The lowest BCUT2D eigenvalue weighted by Crippen LogP contribution is -2.33. The summed E-state index contributed by atoms with van der Waals surface area (Å²) in [6.07, 6.45) is 6.56. The van der Waals surface area contributed by atoms with E-state index in [1.165, 1.54) is 6.20 Å². The van der Waals surface area contributed by atoms with Crippen LogP contribution in [0.2, 0.25) is 0 Å². The minimum absolute atomic E-state index is 0.195. The smallest absolute Gasteiger partial charge is 0.254 e. The number of aliphatic hydroxyl groups excluding tert-OH is 1. The Bertz CT molecular complexity index is 568. The predicted octanol–water partition coefficient (Wildman–Crippen LogP) is 2.28. The maximum absolute atomic E-state index is 11.7. The number of nitrogens with two attached hydrogens (primary N) is 1. The van der Waals surface area contributed by atoms with Crippen molar-refractivity contribution in [1.29, 1.82) is 0 Å². The molecule has 0 radical (unpaired) electrons. The number of anilines is 2. The third kappa shape index (κ3) is 5.06. The van der Waals surface area contributed by atoms with E-state index >= 15 is 0 Å². The SMILES string of the molecule is CCCC(C)(C)Nc1nc(N[C@H]2CC[C@H](O)CC2)ncc1C(N)=O. The summed E-state index contributed by atoms with van der Waals surface area (Å²) >= 11 is 0. The van der Waals surface area contributed by atoms with Crippen LogP contribution in [-0.4, -0.2) is 38.7 Å². The first kappa shape index (κ1) is 18.4. The van der Waals surface area contributed by atoms with Gasteiger partial charge in [0.2, 0.25) is 5.95 Å². The number of aliphatic hydroxyl groups is 1. The molecule has 24 heavy (non-hydrogen) atoms. The van der Waals surface area contributed by atoms with Gasteiger partial charge in [-0.1, -0.05) is 13.3 Å². The fourth-order valence-electron chi connectivity index (χ4n) is 3.14. The van der Waals surface area contributed by atoms with E-state index < -0.39 is 5.91 Å². The second-order valence-corrected chi connectivity index (χ2v) is 7.23. The Morgan fingerprint density at radius 3 is 2.62 bits per heavy atom. The van der Waals surface area contributed by atoms with Crippen molar-refractivity contribution in [1.82, 2.24) is 9.97 Å². The van der Waals surface area contributed by atoms with Crippen LogP contribution in [0.25, 0.3) is 0 Å². The first-order chi connectivity index (χ1) is 11.3. The van der Waals surface area contributed by atoms with Crippen LogP contribution in [0.1, 0.15) is 69.7 Å². The van der Waals surface area contributed by atoms with E-state index in [2.05, 4.69) is 41.4 Å². The highest BCUT2D eigenvalue weighted by Gasteiger charge is 2.23. The molecule has 1 saturated carbocycles. The first-order valence-corrected chi connectivity index (χ1v) is 8.70. The van der Waals surface area contributed by atoms with Crippen molar-refractivity contribution in [2.24, 2.45) is 5.73 Å². The van der Waals surface area contributed by atoms with Crippen LogP contribution in [0.15, 0.2) is 6.20 Å². The number of carbonyl (C=O) groups is 1. The van der Waals surface area contributed by atoms with Crippen LogP contribution in [0.3, 0.4) is 0 Å². The quantitative estimate of drug-likeness (QED) is 0.608. The van der Waals surface area contributed by atoms with Gasteiger partial charge in [-0.15, -0.1) is 0 Å². The van der Waals surface area contributed by atoms with Gasteiger partial charge in [0, 0.05) is 17.8 Å². The molecule has 1 heterocycles. The Morgan fingerprint density at radius 1 is 1.38 bits per heavy atom. The van der Waals surface area contributed by atoms with E-state index in [0.29, 0.717) is 17.3 Å². The highest BCUT2D eigenvalue weighted by atomic mass is 16.3. The Balaban J connectivity index is 2.16. The number of nitrogens with zero attached hydrogens (tertiary/aromatic N) is 2. The molecule has 5 N–H and O–H groups in total. The van der Waals surface area contributed by atoms with Gasteiger partial charge in [-0.2, -0.15) is 4.98 Å². The summed E-state index contributed by atoms with van der Waals surface area (Å²) in [5.74, 6) is 0.405. The van der Waals surface area contributed by atoms with Crippen molar-refractivity contribution in [2.75, 3.05) is 10.6 Å². The number of primary amides is 1. The Hall–Kier alpha value is -1.89. The molecular formula is C17H29N5O2. The monoisotopic (exact) mass is 335 g/mol. The average Bonchev–Trinajstić information content (AvgIpc) is 2.49. The van der Waals surface area contributed by atoms with Crippen molar-refractivity contribution >= 4 is 17.7 Å². The highest BCUT2D eigenvalue weighted by Crippen LogP contribution is 2.24. The number of carbonyl (C=O) groups excluding carboxylic acids is 1. The predicted molar refractivity (Wildman–Crippen MR) is 95.0 cm³/mol. The highest BCUT2D eigenvalue weighted by molar-refractivity contribution is 5.97. The van der Waals surface area contributed by atoms with Crippen molar-refractivity contribution in [2.45, 2.75) is 77.0 Å². The van der Waals surface area contributed by atoms with Crippen LogP contribution in [0.5, 0.6) is 0 Å². The lowest BCUT2D eigenvalue weighted by molar-refractivity contribution is 0.1000. The molecule has 0 aromatic carbocycles. The molecule has 1 aliphatic rings. The molecule has 1 aromatic heterocycles. The molecule has 0 saturated heterocycles. The zero-order chi connectivity index (χ0) is 17.7. The summed E-state index contributed by atoms with van der Waals surface area (Å²) in [7, 11) is 0. The van der Waals surface area contributed by atoms with Crippen LogP contribution < -0.4 is 16.4 Å². The van der Waals surface area contributed by atoms with Gasteiger partial charge in [-0.05, 0) is 46.0 Å². The van der Waals surface area contributed by atoms with E-state index in [9.17, 15) is 9.90 Å². The molecule has 1 aliphatic carbocycles. The number of rotatable bonds is 7. The van der Waals surface area contributed by atoms with Gasteiger partial charge in [-0.3, -0.25) is 4.79 Å². The molecule has 0 unspecified atom stereocenters. The third-order valence-corrected chi connectivity index (χ3v) is 4.42. The van der Waals surface area contributed by atoms with Crippen LogP contribution in [0, 0.1) is 0 Å². The summed E-state index contributed by atoms with van der Waals surface area (Å²) in [6, 6.07) is 0.240. The molecular weight excluding hydrogens is 306 g/mol. The Labute approximate surface area is 143 Å². The summed E-state index contributed by atoms with van der Waals surface area (Å²) in [6.45, 7) is 6.25. The number of nitrogens with one attached hydrogen (secondary N) is 2. The molecule has 0 atom stereocenters. The minimum Gasteiger partial charge on any atom is -0.393 e. The van der Waals surface area contributed by atoms with Gasteiger partial charge in [0.05, 0.1) is 11.7 Å². The molecule has 0 aliphatic heterocycles. The largest absolute Gasteiger partial charge is 0.393 e. The minimum atomic E-state index is -0.544. The normalized spacial score (nSPS) is 21.3. The summed E-state index contributed by atoms with van der Waals surface area (Å²) in [4.78, 5) is 20.4. The van der Waals surface area contributed by atoms with Crippen LogP contribution in [0.4, 0.5) is 11.8 Å².